The van der Waals surface area contributed by atoms with E-state index in [1.54, 1.807) is 24.3 Å². The van der Waals surface area contributed by atoms with Crippen LogP contribution in [0.2, 0.25) is 0 Å². The third kappa shape index (κ3) is 4.79. The monoisotopic (exact) mass is 360 g/mol. The van der Waals surface area contributed by atoms with Gasteiger partial charge in [-0.3, -0.25) is 4.72 Å². The summed E-state index contributed by atoms with van der Waals surface area (Å²) in [7, 11) is -0.358. The van der Waals surface area contributed by atoms with Gasteiger partial charge < -0.3 is 9.64 Å². The molecule has 0 aliphatic carbocycles. The van der Waals surface area contributed by atoms with E-state index in [9.17, 15) is 21.6 Å². The standard InChI is InChI=1S/C15H15F3N2O3S/c1-20(2)12-8-6-11(7-9-12)19-24(21,22)14-5-3-4-13(10-14)23-15(16,17)18/h3-10,19H,1-2H3. The second-order valence-corrected chi connectivity index (χ2v) is 6.75. The number of alkyl halides is 3. The van der Waals surface area contributed by atoms with Gasteiger partial charge >= 0.3 is 6.36 Å². The number of hydrogen-bond acceptors (Lipinski definition) is 4. The Morgan fingerprint density at radius 3 is 2.21 bits per heavy atom. The molecule has 9 heteroatoms. The van der Waals surface area contributed by atoms with Crippen LogP contribution in [0.3, 0.4) is 0 Å². The van der Waals surface area contributed by atoms with Gasteiger partial charge in [0.2, 0.25) is 0 Å². The summed E-state index contributed by atoms with van der Waals surface area (Å²) >= 11 is 0. The molecule has 1 N–H and O–H groups in total. The number of nitrogens with one attached hydrogen (secondary N) is 1. The highest BCUT2D eigenvalue weighted by molar-refractivity contribution is 7.92. The van der Waals surface area contributed by atoms with Crippen LogP contribution in [-0.4, -0.2) is 28.9 Å². The topological polar surface area (TPSA) is 58.6 Å². The second-order valence-electron chi connectivity index (χ2n) is 5.07. The number of nitrogens with zero attached hydrogens (tertiary/aromatic N) is 1. The zero-order chi connectivity index (χ0) is 18.0. The molecule has 0 aromatic heterocycles. The van der Waals surface area contributed by atoms with Crippen LogP contribution in [0, 0.1) is 0 Å². The molecule has 0 saturated heterocycles. The van der Waals surface area contributed by atoms with Crippen molar-refractivity contribution in [2.24, 2.45) is 0 Å². The minimum Gasteiger partial charge on any atom is -0.406 e. The Kier molecular flexibility index (Phi) is 4.93. The van der Waals surface area contributed by atoms with Crippen LogP contribution in [0.15, 0.2) is 53.4 Å². The first kappa shape index (κ1) is 17.9. The summed E-state index contributed by atoms with van der Waals surface area (Å²) in [5, 5.41) is 0. The van der Waals surface area contributed by atoms with Gasteiger partial charge in [-0.1, -0.05) is 6.07 Å². The number of hydrogen-bond donors (Lipinski definition) is 1. The lowest BCUT2D eigenvalue weighted by Crippen LogP contribution is -2.18. The third-order valence-corrected chi connectivity index (χ3v) is 4.36. The molecule has 0 atom stereocenters. The average molecular weight is 360 g/mol. The number of anilines is 2. The lowest BCUT2D eigenvalue weighted by molar-refractivity contribution is -0.274. The van der Waals surface area contributed by atoms with E-state index in [0.717, 1.165) is 17.8 Å². The Morgan fingerprint density at radius 2 is 1.67 bits per heavy atom. The molecule has 0 bridgehead atoms. The van der Waals surface area contributed by atoms with E-state index >= 15 is 0 Å². The summed E-state index contributed by atoms with van der Waals surface area (Å²) < 4.78 is 67.3. The van der Waals surface area contributed by atoms with Crippen molar-refractivity contribution in [2.45, 2.75) is 11.3 Å². The first-order valence-corrected chi connectivity index (χ1v) is 8.21. The van der Waals surface area contributed by atoms with Crippen molar-refractivity contribution in [1.82, 2.24) is 0 Å². The highest BCUT2D eigenvalue weighted by Gasteiger charge is 2.31. The minimum absolute atomic E-state index is 0.294. The molecule has 0 fully saturated rings. The molecule has 24 heavy (non-hydrogen) atoms. The molecule has 0 unspecified atom stereocenters. The van der Waals surface area contributed by atoms with E-state index in [0.29, 0.717) is 5.69 Å². The van der Waals surface area contributed by atoms with Gasteiger partial charge in [-0.2, -0.15) is 0 Å². The van der Waals surface area contributed by atoms with Crippen LogP contribution in [-0.2, 0) is 10.0 Å². The molecule has 0 aliphatic heterocycles. The van der Waals surface area contributed by atoms with E-state index in [1.807, 2.05) is 19.0 Å². The van der Waals surface area contributed by atoms with Gasteiger partial charge in [0.05, 0.1) is 4.90 Å². The van der Waals surface area contributed by atoms with Crippen LogP contribution in [0.5, 0.6) is 5.75 Å². The summed E-state index contributed by atoms with van der Waals surface area (Å²) in [5.41, 5.74) is 1.17. The molecule has 2 aromatic rings. The highest BCUT2D eigenvalue weighted by Crippen LogP contribution is 2.26. The van der Waals surface area contributed by atoms with Crippen LogP contribution in [0.4, 0.5) is 24.5 Å². The van der Waals surface area contributed by atoms with Gasteiger partial charge in [0.25, 0.3) is 10.0 Å². The second kappa shape index (κ2) is 6.60. The Labute approximate surface area is 137 Å². The summed E-state index contributed by atoms with van der Waals surface area (Å²) in [4.78, 5) is 1.51. The first-order chi connectivity index (χ1) is 11.1. The molecule has 0 spiro atoms. The minimum atomic E-state index is -4.89. The lowest BCUT2D eigenvalue weighted by atomic mass is 10.3. The number of rotatable bonds is 5. The third-order valence-electron chi connectivity index (χ3n) is 2.99. The van der Waals surface area contributed by atoms with Gasteiger partial charge in [0, 0.05) is 31.5 Å². The fourth-order valence-corrected chi connectivity index (χ4v) is 2.97. The molecule has 0 heterocycles. The summed E-state index contributed by atoms with van der Waals surface area (Å²) in [6.45, 7) is 0. The van der Waals surface area contributed by atoms with Crippen molar-refractivity contribution in [1.29, 1.82) is 0 Å². The van der Waals surface area contributed by atoms with Crippen molar-refractivity contribution < 1.29 is 26.3 Å². The Morgan fingerprint density at radius 1 is 1.04 bits per heavy atom. The number of ether oxygens (including phenoxy) is 1. The first-order valence-electron chi connectivity index (χ1n) is 6.73. The van der Waals surface area contributed by atoms with E-state index in [-0.39, 0.29) is 4.90 Å². The lowest BCUT2D eigenvalue weighted by Gasteiger charge is -2.14. The largest absolute Gasteiger partial charge is 0.573 e. The normalized spacial score (nSPS) is 11.9. The molecule has 0 aliphatic rings. The van der Waals surface area contributed by atoms with Crippen molar-refractivity contribution in [3.05, 3.63) is 48.5 Å². The van der Waals surface area contributed by atoms with E-state index in [4.69, 9.17) is 0 Å². The molecule has 0 radical (unpaired) electrons. The van der Waals surface area contributed by atoms with Gasteiger partial charge in [0.15, 0.2) is 0 Å². The van der Waals surface area contributed by atoms with Crippen LogP contribution in [0.25, 0.3) is 0 Å². The molecule has 2 aromatic carbocycles. The SMILES string of the molecule is CN(C)c1ccc(NS(=O)(=O)c2cccc(OC(F)(F)F)c2)cc1. The number of sulfonamides is 1. The molecule has 130 valence electrons. The quantitative estimate of drug-likeness (QED) is 0.887. The fraction of sp³-hybridized carbons (Fsp3) is 0.200. The van der Waals surface area contributed by atoms with Crippen LogP contribution in [0.1, 0.15) is 0 Å². The van der Waals surface area contributed by atoms with Crippen molar-refractivity contribution in [3.63, 3.8) is 0 Å². The van der Waals surface area contributed by atoms with Gasteiger partial charge in [-0.15, -0.1) is 13.2 Å². The Bertz CT molecular complexity index is 803. The van der Waals surface area contributed by atoms with E-state index < -0.39 is 22.1 Å². The zero-order valence-corrected chi connectivity index (χ0v) is 13.6. The van der Waals surface area contributed by atoms with Crippen molar-refractivity contribution in [3.8, 4) is 5.75 Å². The summed E-state index contributed by atoms with van der Waals surface area (Å²) in [6.07, 6.45) is -4.89. The van der Waals surface area contributed by atoms with Crippen LogP contribution >= 0.6 is 0 Å². The molecular formula is C15H15F3N2O3S. The maximum atomic E-state index is 12.3. The smallest absolute Gasteiger partial charge is 0.406 e. The fourth-order valence-electron chi connectivity index (χ4n) is 1.88. The summed E-state index contributed by atoms with van der Waals surface area (Å²) in [5.74, 6) is -0.603. The molecule has 2 rings (SSSR count). The predicted molar refractivity (Wildman–Crippen MR) is 84.7 cm³/mol. The Hall–Kier alpha value is -2.42. The van der Waals surface area contributed by atoms with Gasteiger partial charge in [-0.25, -0.2) is 8.42 Å². The molecule has 5 nitrogen and oxygen atoms in total. The highest BCUT2D eigenvalue weighted by atomic mass is 32.2. The van der Waals surface area contributed by atoms with Gasteiger partial charge in [0.1, 0.15) is 5.75 Å². The van der Waals surface area contributed by atoms with E-state index in [2.05, 4.69) is 9.46 Å². The van der Waals surface area contributed by atoms with Crippen molar-refractivity contribution in [2.75, 3.05) is 23.7 Å². The maximum Gasteiger partial charge on any atom is 0.573 e. The molecule has 0 saturated carbocycles. The van der Waals surface area contributed by atoms with Crippen molar-refractivity contribution >= 4 is 21.4 Å². The zero-order valence-electron chi connectivity index (χ0n) is 12.8. The average Bonchev–Trinajstić information content (AvgIpc) is 2.46. The maximum absolute atomic E-state index is 12.3. The predicted octanol–water partition coefficient (Wildman–Crippen LogP) is 3.45. The number of halogens is 3. The van der Waals surface area contributed by atoms with E-state index in [1.165, 1.54) is 12.1 Å². The van der Waals surface area contributed by atoms with Crippen LogP contribution < -0.4 is 14.4 Å². The summed E-state index contributed by atoms with van der Waals surface area (Å²) in [6, 6.07) is 10.7. The molecular weight excluding hydrogens is 345 g/mol. The van der Waals surface area contributed by atoms with Gasteiger partial charge in [-0.05, 0) is 36.4 Å². The number of benzene rings is 2. The Balaban J connectivity index is 2.22. The molecule has 0 amide bonds.